The summed E-state index contributed by atoms with van der Waals surface area (Å²) in [4.78, 5) is 27.4. The van der Waals surface area contributed by atoms with E-state index >= 15 is 0 Å². The molecular formula is C24H28N2O3. The van der Waals surface area contributed by atoms with Crippen LogP contribution in [0.3, 0.4) is 0 Å². The second-order valence-corrected chi connectivity index (χ2v) is 7.41. The van der Waals surface area contributed by atoms with E-state index in [0.717, 1.165) is 28.8 Å². The number of hydrogen-bond donors (Lipinski definition) is 1. The molecule has 0 amide bonds. The zero-order chi connectivity index (χ0) is 20.8. The maximum atomic E-state index is 12.5. The molecule has 0 radical (unpaired) electrons. The van der Waals surface area contributed by atoms with Gasteiger partial charge in [-0.05, 0) is 37.8 Å². The minimum Gasteiger partial charge on any atom is -0.360 e. The molecule has 152 valence electrons. The summed E-state index contributed by atoms with van der Waals surface area (Å²) >= 11 is 0. The van der Waals surface area contributed by atoms with E-state index in [1.54, 1.807) is 4.57 Å². The van der Waals surface area contributed by atoms with Crippen molar-refractivity contribution in [3.05, 3.63) is 103 Å². The van der Waals surface area contributed by atoms with E-state index in [2.05, 4.69) is 49.2 Å². The van der Waals surface area contributed by atoms with Crippen LogP contribution in [-0.4, -0.2) is 16.2 Å². The number of aromatic amines is 1. The Kier molecular flexibility index (Phi) is 6.83. The SMILES string of the molecule is CCc1c(Cc2cc(C)cc(C)c2)n(COCCc2ccccc2)c(=O)[nH]c1=O. The van der Waals surface area contributed by atoms with Crippen LogP contribution in [0.2, 0.25) is 0 Å². The summed E-state index contributed by atoms with van der Waals surface area (Å²) in [5.74, 6) is 0. The van der Waals surface area contributed by atoms with Gasteiger partial charge in [-0.2, -0.15) is 0 Å². The summed E-state index contributed by atoms with van der Waals surface area (Å²) in [5, 5.41) is 0. The normalized spacial score (nSPS) is 11.0. The first-order valence-corrected chi connectivity index (χ1v) is 10.0. The van der Waals surface area contributed by atoms with Gasteiger partial charge in [0.15, 0.2) is 0 Å². The lowest BCUT2D eigenvalue weighted by molar-refractivity contribution is 0.0740. The predicted molar refractivity (Wildman–Crippen MR) is 116 cm³/mol. The smallest absolute Gasteiger partial charge is 0.330 e. The molecule has 0 atom stereocenters. The van der Waals surface area contributed by atoms with Gasteiger partial charge in [0.2, 0.25) is 0 Å². The Morgan fingerprint density at radius 2 is 1.66 bits per heavy atom. The Bertz CT molecular complexity index is 1060. The summed E-state index contributed by atoms with van der Waals surface area (Å²) in [7, 11) is 0. The summed E-state index contributed by atoms with van der Waals surface area (Å²) in [6.07, 6.45) is 1.85. The lowest BCUT2D eigenvalue weighted by Crippen LogP contribution is -2.36. The number of aryl methyl sites for hydroxylation is 2. The van der Waals surface area contributed by atoms with Gasteiger partial charge in [-0.3, -0.25) is 14.3 Å². The monoisotopic (exact) mass is 392 g/mol. The van der Waals surface area contributed by atoms with Crippen LogP contribution >= 0.6 is 0 Å². The number of H-pyrrole nitrogens is 1. The number of hydrogen-bond acceptors (Lipinski definition) is 3. The average molecular weight is 392 g/mol. The summed E-state index contributed by atoms with van der Waals surface area (Å²) in [6.45, 7) is 6.65. The number of ether oxygens (including phenoxy) is 1. The van der Waals surface area contributed by atoms with Crippen LogP contribution in [0, 0.1) is 13.8 Å². The minimum absolute atomic E-state index is 0.121. The Labute approximate surface area is 171 Å². The second kappa shape index (κ2) is 9.52. The average Bonchev–Trinajstić information content (AvgIpc) is 2.67. The molecule has 0 aliphatic rings. The molecule has 3 rings (SSSR count). The Balaban J connectivity index is 1.85. The molecule has 29 heavy (non-hydrogen) atoms. The first kappa shape index (κ1) is 20.8. The van der Waals surface area contributed by atoms with Crippen LogP contribution < -0.4 is 11.2 Å². The van der Waals surface area contributed by atoms with E-state index in [1.165, 1.54) is 5.56 Å². The third kappa shape index (κ3) is 5.33. The van der Waals surface area contributed by atoms with Gasteiger partial charge in [0.1, 0.15) is 6.73 Å². The molecule has 5 nitrogen and oxygen atoms in total. The molecule has 1 heterocycles. The molecule has 0 aliphatic heterocycles. The first-order chi connectivity index (χ1) is 14.0. The fourth-order valence-electron chi connectivity index (χ4n) is 3.71. The van der Waals surface area contributed by atoms with Gasteiger partial charge in [0.25, 0.3) is 5.56 Å². The van der Waals surface area contributed by atoms with Gasteiger partial charge in [0, 0.05) is 17.7 Å². The molecule has 5 heteroatoms. The maximum absolute atomic E-state index is 12.5. The van der Waals surface area contributed by atoms with E-state index in [0.29, 0.717) is 25.0 Å². The lowest BCUT2D eigenvalue weighted by atomic mass is 10.0. The van der Waals surface area contributed by atoms with Crippen molar-refractivity contribution < 1.29 is 4.74 Å². The van der Waals surface area contributed by atoms with Crippen molar-refractivity contribution in [2.45, 2.75) is 46.8 Å². The van der Waals surface area contributed by atoms with Crippen molar-refractivity contribution in [2.24, 2.45) is 0 Å². The molecule has 0 saturated carbocycles. The van der Waals surface area contributed by atoms with E-state index in [9.17, 15) is 9.59 Å². The highest BCUT2D eigenvalue weighted by atomic mass is 16.5. The van der Waals surface area contributed by atoms with Crippen LogP contribution in [0.1, 0.15) is 40.4 Å². The zero-order valence-electron chi connectivity index (χ0n) is 17.3. The molecule has 0 fully saturated rings. The van der Waals surface area contributed by atoms with Crippen molar-refractivity contribution in [2.75, 3.05) is 6.61 Å². The largest absolute Gasteiger partial charge is 0.360 e. The fraction of sp³-hybridized carbons (Fsp3) is 0.333. The van der Waals surface area contributed by atoms with Crippen LogP contribution in [0.15, 0.2) is 58.1 Å². The number of rotatable bonds is 8. The number of aromatic nitrogens is 2. The molecule has 1 N–H and O–H groups in total. The number of benzene rings is 2. The zero-order valence-corrected chi connectivity index (χ0v) is 17.3. The van der Waals surface area contributed by atoms with Crippen LogP contribution in [0.25, 0.3) is 0 Å². The van der Waals surface area contributed by atoms with Crippen molar-refractivity contribution in [1.29, 1.82) is 0 Å². The summed E-state index contributed by atoms with van der Waals surface area (Å²) < 4.78 is 7.37. The highest BCUT2D eigenvalue weighted by molar-refractivity contribution is 5.33. The van der Waals surface area contributed by atoms with Gasteiger partial charge in [-0.25, -0.2) is 4.79 Å². The lowest BCUT2D eigenvalue weighted by Gasteiger charge is -2.16. The van der Waals surface area contributed by atoms with E-state index in [-0.39, 0.29) is 12.3 Å². The molecule has 0 saturated heterocycles. The van der Waals surface area contributed by atoms with Crippen molar-refractivity contribution in [3.8, 4) is 0 Å². The van der Waals surface area contributed by atoms with Crippen molar-refractivity contribution in [1.82, 2.24) is 9.55 Å². The van der Waals surface area contributed by atoms with Gasteiger partial charge in [-0.1, -0.05) is 66.6 Å². The Morgan fingerprint density at radius 1 is 0.966 bits per heavy atom. The Morgan fingerprint density at radius 3 is 2.31 bits per heavy atom. The Hall–Kier alpha value is -2.92. The van der Waals surface area contributed by atoms with Gasteiger partial charge >= 0.3 is 5.69 Å². The highest BCUT2D eigenvalue weighted by Gasteiger charge is 2.15. The molecular weight excluding hydrogens is 364 g/mol. The number of nitrogens with one attached hydrogen (secondary N) is 1. The van der Waals surface area contributed by atoms with Gasteiger partial charge in [0.05, 0.1) is 6.61 Å². The van der Waals surface area contributed by atoms with E-state index in [1.807, 2.05) is 25.1 Å². The quantitative estimate of drug-likeness (QED) is 0.597. The fourth-order valence-corrected chi connectivity index (χ4v) is 3.71. The summed E-state index contributed by atoms with van der Waals surface area (Å²) in [5.41, 5.74) is 5.23. The third-order valence-corrected chi connectivity index (χ3v) is 5.02. The standard InChI is InChI=1S/C24H28N2O3/c1-4-21-22(15-20-13-17(2)12-18(3)14-20)26(24(28)25-23(21)27)16-29-11-10-19-8-6-5-7-9-19/h5-9,12-14H,4,10-11,15-16H2,1-3H3,(H,25,27,28). The molecule has 0 bridgehead atoms. The molecule has 1 aromatic heterocycles. The van der Waals surface area contributed by atoms with Crippen LogP contribution in [-0.2, 0) is 30.7 Å². The molecule has 0 spiro atoms. The van der Waals surface area contributed by atoms with E-state index in [4.69, 9.17) is 4.74 Å². The topological polar surface area (TPSA) is 64.1 Å². The second-order valence-electron chi connectivity index (χ2n) is 7.41. The maximum Gasteiger partial charge on any atom is 0.330 e. The molecule has 0 aliphatic carbocycles. The van der Waals surface area contributed by atoms with Gasteiger partial charge < -0.3 is 4.74 Å². The summed E-state index contributed by atoms with van der Waals surface area (Å²) in [6, 6.07) is 16.4. The van der Waals surface area contributed by atoms with Crippen LogP contribution in [0.4, 0.5) is 0 Å². The predicted octanol–water partition coefficient (Wildman–Crippen LogP) is 3.52. The third-order valence-electron chi connectivity index (χ3n) is 5.02. The first-order valence-electron chi connectivity index (χ1n) is 10.0. The number of nitrogens with zero attached hydrogens (tertiary/aromatic N) is 1. The van der Waals surface area contributed by atoms with E-state index < -0.39 is 5.69 Å². The highest BCUT2D eigenvalue weighted by Crippen LogP contribution is 2.15. The van der Waals surface area contributed by atoms with Crippen molar-refractivity contribution in [3.63, 3.8) is 0 Å². The molecule has 0 unspecified atom stereocenters. The molecule has 3 aromatic rings. The minimum atomic E-state index is -0.425. The van der Waals surface area contributed by atoms with Gasteiger partial charge in [-0.15, -0.1) is 0 Å². The van der Waals surface area contributed by atoms with Crippen molar-refractivity contribution >= 4 is 0 Å². The molecule has 2 aromatic carbocycles. The van der Waals surface area contributed by atoms with Crippen LogP contribution in [0.5, 0.6) is 0 Å².